The molecule has 0 spiro atoms. The number of amides is 2. The average molecular weight is 433 g/mol. The molecule has 0 aromatic rings. The normalized spacial score (nSPS) is 43.5. The Bertz CT molecular complexity index is 731. The second-order valence-corrected chi connectivity index (χ2v) is 12.7. The summed E-state index contributed by atoms with van der Waals surface area (Å²) < 4.78 is 5.90. The predicted octanol–water partition coefficient (Wildman–Crippen LogP) is 5.38. The fourth-order valence-corrected chi connectivity index (χ4v) is 8.55. The van der Waals surface area contributed by atoms with E-state index in [9.17, 15) is 9.59 Å². The number of carbonyl (C=O) groups excluding carboxylic acids is 2. The Hall–Kier alpha value is -1.26. The van der Waals surface area contributed by atoms with Crippen LogP contribution in [0.15, 0.2) is 0 Å². The van der Waals surface area contributed by atoms with Gasteiger partial charge < -0.3 is 15.0 Å². The highest BCUT2D eigenvalue weighted by atomic mass is 16.6. The Morgan fingerprint density at radius 3 is 2.42 bits per heavy atom. The quantitative estimate of drug-likeness (QED) is 0.637. The van der Waals surface area contributed by atoms with Gasteiger partial charge in [0.1, 0.15) is 6.10 Å². The fraction of sp³-hybridized carbons (Fsp3) is 0.923. The minimum absolute atomic E-state index is 0.0562. The predicted molar refractivity (Wildman–Crippen MR) is 122 cm³/mol. The first kappa shape index (κ1) is 22.9. The monoisotopic (exact) mass is 432 g/mol. The molecule has 31 heavy (non-hydrogen) atoms. The molecule has 4 aliphatic rings. The summed E-state index contributed by atoms with van der Waals surface area (Å²) in [5.41, 5.74) is 0.238. The Morgan fingerprint density at radius 2 is 1.74 bits per heavy atom. The van der Waals surface area contributed by atoms with Gasteiger partial charge in [0.25, 0.3) is 0 Å². The first-order valence-corrected chi connectivity index (χ1v) is 12.6. The Kier molecular flexibility index (Phi) is 5.66. The zero-order chi connectivity index (χ0) is 22.8. The Morgan fingerprint density at radius 1 is 1.06 bits per heavy atom. The lowest BCUT2D eigenvalue weighted by molar-refractivity contribution is -0.159. The second-order valence-electron chi connectivity index (χ2n) is 12.7. The molecule has 8 atom stereocenters. The SMILES string of the molecule is CC(OC(=O)NC(C)(C)C)[C@H]1CC[C@H]2[C@@H]3CC[C@H]4N(C)C(=O)CC[C@]4(C)[C@H]3CC[C@]12C. The van der Waals surface area contributed by atoms with Gasteiger partial charge in [-0.15, -0.1) is 0 Å². The molecule has 0 bridgehead atoms. The van der Waals surface area contributed by atoms with E-state index in [1.807, 2.05) is 27.8 Å². The number of nitrogens with zero attached hydrogens (tertiary/aromatic N) is 1. The number of likely N-dealkylation sites (tertiary alicyclic amines) is 1. The molecule has 1 N–H and O–H groups in total. The number of rotatable bonds is 2. The van der Waals surface area contributed by atoms with Crippen molar-refractivity contribution in [1.82, 2.24) is 10.2 Å². The van der Waals surface area contributed by atoms with E-state index in [4.69, 9.17) is 4.74 Å². The molecule has 3 saturated carbocycles. The molecule has 4 fully saturated rings. The summed E-state index contributed by atoms with van der Waals surface area (Å²) in [5, 5.41) is 2.95. The molecule has 5 heteroatoms. The van der Waals surface area contributed by atoms with Crippen LogP contribution in [0.4, 0.5) is 4.79 Å². The van der Waals surface area contributed by atoms with Crippen molar-refractivity contribution in [3.63, 3.8) is 0 Å². The maximum atomic E-state index is 12.4. The van der Waals surface area contributed by atoms with Crippen LogP contribution in [-0.2, 0) is 9.53 Å². The molecule has 5 nitrogen and oxygen atoms in total. The standard InChI is InChI=1S/C26H44N2O3/c1-16(31-23(30)27-24(2,3)4)18-9-10-19-17-8-11-21-26(6,15-13-22(29)28(21)7)20(17)12-14-25(18,19)5/h16-21H,8-15H2,1-7H3,(H,27,30)/t16?,17-,18+,19-,20-,21+,25+,26+/m0/s1. The van der Waals surface area contributed by atoms with Gasteiger partial charge in [-0.3, -0.25) is 4.79 Å². The van der Waals surface area contributed by atoms with Crippen molar-refractivity contribution in [3.8, 4) is 0 Å². The lowest BCUT2D eigenvalue weighted by atomic mass is 9.46. The lowest BCUT2D eigenvalue weighted by Crippen LogP contribution is -2.61. The topological polar surface area (TPSA) is 58.6 Å². The van der Waals surface area contributed by atoms with Crippen LogP contribution in [0.1, 0.15) is 92.9 Å². The molecule has 1 aliphatic heterocycles. The van der Waals surface area contributed by atoms with E-state index in [0.717, 1.165) is 31.1 Å². The molecule has 1 unspecified atom stereocenters. The Labute approximate surface area is 189 Å². The molecule has 0 radical (unpaired) electrons. The number of hydrogen-bond donors (Lipinski definition) is 1. The van der Waals surface area contributed by atoms with Gasteiger partial charge in [0.15, 0.2) is 0 Å². The zero-order valence-corrected chi connectivity index (χ0v) is 20.8. The molecule has 2 amide bonds. The van der Waals surface area contributed by atoms with Gasteiger partial charge >= 0.3 is 6.09 Å². The maximum absolute atomic E-state index is 12.4. The van der Waals surface area contributed by atoms with E-state index >= 15 is 0 Å². The van der Waals surface area contributed by atoms with Gasteiger partial charge in [-0.2, -0.15) is 0 Å². The van der Waals surface area contributed by atoms with Gasteiger partial charge in [0.05, 0.1) is 0 Å². The third kappa shape index (κ3) is 3.78. The summed E-state index contributed by atoms with van der Waals surface area (Å²) >= 11 is 0. The molecular weight excluding hydrogens is 388 g/mol. The van der Waals surface area contributed by atoms with Crippen LogP contribution in [0.2, 0.25) is 0 Å². The third-order valence-electron chi connectivity index (χ3n) is 9.97. The van der Waals surface area contributed by atoms with Crippen molar-refractivity contribution < 1.29 is 14.3 Å². The molecule has 0 aromatic carbocycles. The summed E-state index contributed by atoms with van der Waals surface area (Å²) in [6.07, 6.45) is 8.71. The van der Waals surface area contributed by atoms with Crippen molar-refractivity contribution in [2.24, 2.45) is 34.5 Å². The van der Waals surface area contributed by atoms with E-state index in [-0.39, 0.29) is 28.6 Å². The van der Waals surface area contributed by atoms with Gasteiger partial charge in [-0.1, -0.05) is 13.8 Å². The van der Waals surface area contributed by atoms with E-state index in [1.54, 1.807) is 0 Å². The highest BCUT2D eigenvalue weighted by Crippen LogP contribution is 2.66. The van der Waals surface area contributed by atoms with Gasteiger partial charge in [0, 0.05) is 31.0 Å². The minimum atomic E-state index is -0.288. The molecule has 1 heterocycles. The summed E-state index contributed by atoms with van der Waals surface area (Å²) in [4.78, 5) is 26.8. The van der Waals surface area contributed by atoms with Crippen molar-refractivity contribution in [2.45, 2.75) is 111 Å². The number of fused-ring (bicyclic) bond motifs is 5. The van der Waals surface area contributed by atoms with Crippen LogP contribution >= 0.6 is 0 Å². The smallest absolute Gasteiger partial charge is 0.407 e. The van der Waals surface area contributed by atoms with Crippen molar-refractivity contribution in [2.75, 3.05) is 7.05 Å². The lowest BCUT2D eigenvalue weighted by Gasteiger charge is -2.62. The number of ether oxygens (including phenoxy) is 1. The van der Waals surface area contributed by atoms with Gasteiger partial charge in [-0.25, -0.2) is 4.79 Å². The van der Waals surface area contributed by atoms with Crippen LogP contribution in [-0.4, -0.2) is 41.6 Å². The first-order chi connectivity index (χ1) is 14.4. The summed E-state index contributed by atoms with van der Waals surface area (Å²) in [6.45, 7) is 13.0. The van der Waals surface area contributed by atoms with Gasteiger partial charge in [0.2, 0.25) is 5.91 Å². The van der Waals surface area contributed by atoms with E-state index in [2.05, 4.69) is 31.0 Å². The average Bonchev–Trinajstić information content (AvgIpc) is 3.01. The van der Waals surface area contributed by atoms with Crippen LogP contribution in [0.5, 0.6) is 0 Å². The number of hydrogen-bond acceptors (Lipinski definition) is 3. The highest BCUT2D eigenvalue weighted by molar-refractivity contribution is 5.77. The molecule has 3 aliphatic carbocycles. The maximum Gasteiger partial charge on any atom is 0.407 e. The highest BCUT2D eigenvalue weighted by Gasteiger charge is 2.61. The minimum Gasteiger partial charge on any atom is -0.446 e. The number of nitrogens with one attached hydrogen (secondary N) is 1. The van der Waals surface area contributed by atoms with Crippen molar-refractivity contribution in [1.29, 1.82) is 0 Å². The number of carbonyl (C=O) groups is 2. The summed E-state index contributed by atoms with van der Waals surface area (Å²) in [6, 6.07) is 0.417. The summed E-state index contributed by atoms with van der Waals surface area (Å²) in [7, 11) is 2.03. The largest absolute Gasteiger partial charge is 0.446 e. The Balaban J connectivity index is 1.49. The second kappa shape index (κ2) is 7.66. The van der Waals surface area contributed by atoms with Crippen LogP contribution in [0, 0.1) is 34.5 Å². The molecule has 176 valence electrons. The van der Waals surface area contributed by atoms with Crippen molar-refractivity contribution in [3.05, 3.63) is 0 Å². The van der Waals surface area contributed by atoms with Gasteiger partial charge in [-0.05, 0) is 101 Å². The van der Waals surface area contributed by atoms with Crippen LogP contribution in [0.3, 0.4) is 0 Å². The molecule has 1 saturated heterocycles. The van der Waals surface area contributed by atoms with Crippen LogP contribution < -0.4 is 5.32 Å². The first-order valence-electron chi connectivity index (χ1n) is 12.6. The van der Waals surface area contributed by atoms with E-state index < -0.39 is 0 Å². The van der Waals surface area contributed by atoms with Crippen LogP contribution in [0.25, 0.3) is 0 Å². The number of piperidine rings is 1. The third-order valence-corrected chi connectivity index (χ3v) is 9.97. The molecule has 0 aromatic heterocycles. The summed E-state index contributed by atoms with van der Waals surface area (Å²) in [5.74, 6) is 2.96. The van der Waals surface area contributed by atoms with E-state index in [0.29, 0.717) is 30.2 Å². The number of alkyl carbamates (subject to hydrolysis) is 1. The zero-order valence-electron chi connectivity index (χ0n) is 20.8. The molecule has 4 rings (SSSR count). The molecular formula is C26H44N2O3. The van der Waals surface area contributed by atoms with Crippen molar-refractivity contribution >= 4 is 12.0 Å². The van der Waals surface area contributed by atoms with E-state index in [1.165, 1.54) is 25.7 Å². The fourth-order valence-electron chi connectivity index (χ4n) is 8.55.